The molecule has 2 aliphatic heterocycles. The van der Waals surface area contributed by atoms with Crippen molar-refractivity contribution in [1.82, 2.24) is 19.9 Å². The van der Waals surface area contributed by atoms with Gasteiger partial charge in [0, 0.05) is 56.0 Å². The fraction of sp³-hybridized carbons (Fsp3) is 0.0217. The van der Waals surface area contributed by atoms with Gasteiger partial charge in [-0.3, -0.25) is 10.1 Å². The molecule has 0 atom stereocenters. The quantitative estimate of drug-likeness (QED) is 0.132. The monoisotopic (exact) mass is 698 g/mol. The van der Waals surface area contributed by atoms with Crippen LogP contribution in [0.15, 0.2) is 133 Å². The lowest BCUT2D eigenvalue weighted by atomic mass is 10.00. The maximum atomic E-state index is 12.0. The van der Waals surface area contributed by atoms with E-state index in [-0.39, 0.29) is 12.1 Å². The zero-order valence-electron chi connectivity index (χ0n) is 28.8. The molecule has 5 heterocycles. The molecule has 0 aliphatic carbocycles. The Bertz CT molecular complexity index is 2740. The minimum atomic E-state index is -0.440. The number of nitrogens with zero attached hydrogens (tertiary/aromatic N) is 4. The van der Waals surface area contributed by atoms with E-state index in [1.54, 1.807) is 12.1 Å². The largest absolute Gasteiger partial charge is 0.354 e. The van der Waals surface area contributed by atoms with Gasteiger partial charge in [0.05, 0.1) is 40.2 Å². The van der Waals surface area contributed by atoms with Gasteiger partial charge in [-0.25, -0.2) is 9.97 Å². The van der Waals surface area contributed by atoms with Gasteiger partial charge in [-0.15, -0.1) is 0 Å². The van der Waals surface area contributed by atoms with E-state index in [2.05, 4.69) is 76.7 Å². The Hall–Kier alpha value is -7.63. The third-order valence-corrected chi connectivity index (χ3v) is 9.78. The Balaban J connectivity index is 1.46. The summed E-state index contributed by atoms with van der Waals surface area (Å²) in [4.78, 5) is 29.5. The van der Waals surface area contributed by atoms with Crippen LogP contribution in [-0.2, 0) is 6.42 Å². The van der Waals surface area contributed by atoms with Crippen molar-refractivity contribution < 1.29 is 4.92 Å². The first-order valence-corrected chi connectivity index (χ1v) is 17.5. The van der Waals surface area contributed by atoms with Crippen molar-refractivity contribution in [3.05, 3.63) is 172 Å². The summed E-state index contributed by atoms with van der Waals surface area (Å²) in [7, 11) is 0. The Morgan fingerprint density at radius 1 is 0.519 bits per heavy atom. The predicted molar refractivity (Wildman–Crippen MR) is 217 cm³/mol. The normalized spacial score (nSPS) is 11.8. The average molecular weight is 699 g/mol. The molecule has 0 saturated heterocycles. The molecule has 54 heavy (non-hydrogen) atoms. The van der Waals surface area contributed by atoms with E-state index in [4.69, 9.17) is 9.97 Å². The van der Waals surface area contributed by atoms with Crippen LogP contribution in [-0.4, -0.2) is 24.9 Å². The van der Waals surface area contributed by atoms with Crippen LogP contribution < -0.4 is 0 Å². The fourth-order valence-corrected chi connectivity index (χ4v) is 7.38. The Morgan fingerprint density at radius 3 is 1.35 bits per heavy atom. The number of nitro benzene ring substituents is 1. The maximum Gasteiger partial charge on any atom is 0.273 e. The first kappa shape index (κ1) is 32.3. The third-order valence-electron chi connectivity index (χ3n) is 9.78. The third kappa shape index (κ3) is 5.76. The van der Waals surface area contributed by atoms with Crippen molar-refractivity contribution in [2.45, 2.75) is 6.42 Å². The van der Waals surface area contributed by atoms with Crippen LogP contribution in [0, 0.1) is 21.4 Å². The number of nitriles is 1. The fourth-order valence-electron chi connectivity index (χ4n) is 7.38. The Morgan fingerprint density at radius 2 is 0.926 bits per heavy atom. The number of benzene rings is 4. The molecule has 0 unspecified atom stereocenters. The number of aromatic nitrogens is 4. The molecule has 256 valence electrons. The number of hydrogen-bond donors (Lipinski definition) is 2. The van der Waals surface area contributed by atoms with E-state index in [9.17, 15) is 15.4 Å². The summed E-state index contributed by atoms with van der Waals surface area (Å²) in [5.74, 6) is 0. The highest BCUT2D eigenvalue weighted by Gasteiger charge is 2.20. The first-order valence-electron chi connectivity index (χ1n) is 17.5. The molecule has 0 spiro atoms. The summed E-state index contributed by atoms with van der Waals surface area (Å²) in [6.45, 7) is 0. The van der Waals surface area contributed by atoms with Crippen molar-refractivity contribution >= 4 is 52.1 Å². The summed E-state index contributed by atoms with van der Waals surface area (Å²) in [5, 5.41) is 21.6. The summed E-state index contributed by atoms with van der Waals surface area (Å²) < 4.78 is 0. The molecule has 4 aromatic carbocycles. The van der Waals surface area contributed by atoms with Crippen LogP contribution >= 0.6 is 0 Å². The lowest BCUT2D eigenvalue weighted by Gasteiger charge is -2.07. The molecule has 2 N–H and O–H groups in total. The van der Waals surface area contributed by atoms with Gasteiger partial charge in [0.15, 0.2) is 0 Å². The number of fused-ring (bicyclic) bond motifs is 8. The lowest BCUT2D eigenvalue weighted by Crippen LogP contribution is -1.95. The van der Waals surface area contributed by atoms with Crippen molar-refractivity contribution in [2.75, 3.05) is 0 Å². The van der Waals surface area contributed by atoms with Gasteiger partial charge in [-0.1, -0.05) is 91.0 Å². The topological polar surface area (TPSA) is 124 Å². The smallest absolute Gasteiger partial charge is 0.273 e. The molecular weight excluding hydrogens is 669 g/mol. The van der Waals surface area contributed by atoms with Crippen molar-refractivity contribution in [2.24, 2.45) is 0 Å². The highest BCUT2D eigenvalue weighted by molar-refractivity contribution is 6.00. The number of rotatable bonds is 6. The zero-order chi connectivity index (χ0) is 36.6. The second kappa shape index (κ2) is 13.5. The van der Waals surface area contributed by atoms with Gasteiger partial charge >= 0.3 is 0 Å². The van der Waals surface area contributed by atoms with Gasteiger partial charge in [0.1, 0.15) is 0 Å². The van der Waals surface area contributed by atoms with Crippen LogP contribution in [0.25, 0.3) is 90.9 Å². The van der Waals surface area contributed by atoms with Gasteiger partial charge in [0.25, 0.3) is 5.69 Å². The van der Waals surface area contributed by atoms with Gasteiger partial charge in [-0.2, -0.15) is 5.26 Å². The second-order valence-corrected chi connectivity index (χ2v) is 13.0. The van der Waals surface area contributed by atoms with Gasteiger partial charge < -0.3 is 9.97 Å². The number of nitrogens with one attached hydrogen (secondary N) is 2. The minimum absolute atomic E-state index is 0.0873. The molecule has 9 rings (SSSR count). The van der Waals surface area contributed by atoms with Crippen LogP contribution in [0.4, 0.5) is 5.69 Å². The maximum absolute atomic E-state index is 12.0. The van der Waals surface area contributed by atoms with Crippen molar-refractivity contribution in [3.8, 4) is 50.6 Å². The van der Waals surface area contributed by atoms with Crippen LogP contribution in [0.1, 0.15) is 28.3 Å². The molecule has 8 bridgehead atoms. The number of nitro groups is 1. The molecule has 0 fully saturated rings. The highest BCUT2D eigenvalue weighted by atomic mass is 16.6. The number of H-pyrrole nitrogens is 2. The number of hydrogen-bond acceptors (Lipinski definition) is 5. The minimum Gasteiger partial charge on any atom is -0.354 e. The first-order chi connectivity index (χ1) is 26.6. The molecule has 3 aromatic heterocycles. The molecule has 2 aliphatic rings. The standard InChI is InChI=1S/C46H30N6O2/c47-27-26-32-28-33(16-25-42(32)52(53)54)46-40-23-21-38(50-40)44(30-12-6-2-7-13-30)36-19-17-34(48-36)43(29-10-4-1-5-11-29)35-18-20-37(49-35)45(31-14-8-3-9-15-31)39-22-24-41(46)51-39/h1-25,28,50-51H,26H2. The average Bonchev–Trinajstić information content (AvgIpc) is 4.04. The van der Waals surface area contributed by atoms with Gasteiger partial charge in [-0.05, 0) is 83.0 Å². The summed E-state index contributed by atoms with van der Waals surface area (Å²) in [5.41, 5.74) is 14.0. The Kier molecular flexibility index (Phi) is 8.07. The highest BCUT2D eigenvalue weighted by Crippen LogP contribution is 2.39. The van der Waals surface area contributed by atoms with Crippen LogP contribution in [0.5, 0.6) is 0 Å². The molecule has 0 amide bonds. The molecule has 8 heteroatoms. The SMILES string of the molecule is N#CCc1cc(-c2c3ccc([nH]3)c(-c3ccccc3)c3nc(c(-c4ccccc4)c4nc(c(-c5ccccc5)c5ccc2[nH]5)C=C4)C=C3)ccc1[N+](=O)[O-]. The number of aromatic amines is 2. The van der Waals surface area contributed by atoms with E-state index < -0.39 is 4.92 Å². The van der Waals surface area contributed by atoms with Crippen molar-refractivity contribution in [1.29, 1.82) is 5.26 Å². The van der Waals surface area contributed by atoms with Crippen LogP contribution in [0.2, 0.25) is 0 Å². The van der Waals surface area contributed by atoms with E-state index in [1.165, 1.54) is 6.07 Å². The van der Waals surface area contributed by atoms with E-state index in [0.717, 1.165) is 89.4 Å². The molecule has 8 nitrogen and oxygen atoms in total. The van der Waals surface area contributed by atoms with Crippen molar-refractivity contribution in [3.63, 3.8) is 0 Å². The molecular formula is C46H30N6O2. The van der Waals surface area contributed by atoms with E-state index in [0.29, 0.717) is 5.56 Å². The predicted octanol–water partition coefficient (Wildman–Crippen LogP) is 11.3. The second-order valence-electron chi connectivity index (χ2n) is 13.0. The van der Waals surface area contributed by atoms with E-state index >= 15 is 0 Å². The molecule has 7 aromatic rings. The van der Waals surface area contributed by atoms with E-state index in [1.807, 2.05) is 78.9 Å². The lowest BCUT2D eigenvalue weighted by molar-refractivity contribution is -0.385. The Labute approximate surface area is 310 Å². The molecule has 0 saturated carbocycles. The molecule has 0 radical (unpaired) electrons. The van der Waals surface area contributed by atoms with Gasteiger partial charge in [0.2, 0.25) is 0 Å². The zero-order valence-corrected chi connectivity index (χ0v) is 28.8. The summed E-state index contributed by atoms with van der Waals surface area (Å²) in [6.07, 6.45) is 8.12. The summed E-state index contributed by atoms with van der Waals surface area (Å²) >= 11 is 0. The summed E-state index contributed by atoms with van der Waals surface area (Å²) in [6, 6.07) is 45.8. The van der Waals surface area contributed by atoms with Crippen LogP contribution in [0.3, 0.4) is 0 Å².